The summed E-state index contributed by atoms with van der Waals surface area (Å²) in [5, 5.41) is 19.3. The molecular weight excluding hydrogens is 381 g/mol. The average molecular weight is 400 g/mol. The van der Waals surface area contributed by atoms with Crippen molar-refractivity contribution < 1.29 is 9.72 Å². The number of aryl methyl sites for hydroxylation is 2. The van der Waals surface area contributed by atoms with Gasteiger partial charge in [0.05, 0.1) is 11.0 Å². The van der Waals surface area contributed by atoms with Crippen LogP contribution >= 0.6 is 24.0 Å². The Morgan fingerprint density at radius 3 is 2.77 bits per heavy atom. The number of carbonyl (C=O) groups excluding carboxylic acids is 1. The highest BCUT2D eigenvalue weighted by atomic mass is 35.5. The number of hydrogen-bond acceptors (Lipinski definition) is 5. The summed E-state index contributed by atoms with van der Waals surface area (Å²) in [5.74, 6) is -0.416. The van der Waals surface area contributed by atoms with Gasteiger partial charge in [-0.2, -0.15) is 5.10 Å². The highest BCUT2D eigenvalue weighted by Gasteiger charge is 2.36. The second-order valence-corrected chi connectivity index (χ2v) is 6.31. The van der Waals surface area contributed by atoms with Crippen molar-refractivity contribution in [1.29, 1.82) is 0 Å². The summed E-state index contributed by atoms with van der Waals surface area (Å²) < 4.78 is 1.28. The maximum Gasteiger partial charge on any atom is 0.322 e. The van der Waals surface area contributed by atoms with Gasteiger partial charge in [-0.1, -0.05) is 29.8 Å². The van der Waals surface area contributed by atoms with E-state index in [2.05, 4.69) is 10.4 Å². The second kappa shape index (κ2) is 8.03. The second-order valence-electron chi connectivity index (χ2n) is 5.90. The Labute approximate surface area is 161 Å². The zero-order valence-electron chi connectivity index (χ0n) is 14.3. The summed E-state index contributed by atoms with van der Waals surface area (Å²) in [4.78, 5) is 25.6. The fourth-order valence-corrected chi connectivity index (χ4v) is 3.47. The first-order valence-corrected chi connectivity index (χ1v) is 8.23. The molecule has 8 nitrogen and oxygen atoms in total. The van der Waals surface area contributed by atoms with Gasteiger partial charge in [0, 0.05) is 31.7 Å². The molecule has 0 bridgehead atoms. The number of nitro groups is 1. The lowest BCUT2D eigenvalue weighted by Crippen LogP contribution is -2.49. The topological polar surface area (TPSA) is 93.3 Å². The summed E-state index contributed by atoms with van der Waals surface area (Å²) in [6, 6.07) is 7.01. The predicted molar refractivity (Wildman–Crippen MR) is 99.9 cm³/mol. The van der Waals surface area contributed by atoms with E-state index in [1.165, 1.54) is 11.6 Å². The van der Waals surface area contributed by atoms with Crippen molar-refractivity contribution in [3.8, 4) is 0 Å². The van der Waals surface area contributed by atoms with Crippen LogP contribution in [0.1, 0.15) is 27.8 Å². The molecule has 1 aromatic carbocycles. The summed E-state index contributed by atoms with van der Waals surface area (Å²) in [6.07, 6.45) is 0. The Morgan fingerprint density at radius 1 is 1.42 bits per heavy atom. The smallest absolute Gasteiger partial charge is 0.322 e. The van der Waals surface area contributed by atoms with E-state index in [-0.39, 0.29) is 35.5 Å². The van der Waals surface area contributed by atoms with Gasteiger partial charge in [0.2, 0.25) is 5.69 Å². The van der Waals surface area contributed by atoms with Crippen LogP contribution in [0.15, 0.2) is 24.3 Å². The molecule has 2 heterocycles. The van der Waals surface area contributed by atoms with Gasteiger partial charge in [0.25, 0.3) is 5.91 Å². The predicted octanol–water partition coefficient (Wildman–Crippen LogP) is 2.50. The standard InChI is InChI=1S/C16H18ClN5O3.ClH/c1-10-14(22(24)25)15(20(2)19-10)16(23)21-8-7-18-9-13(21)11-5-3-4-6-12(11)17;/h3-6,13,18H,7-9H2,1-2H3;1H. The van der Waals surface area contributed by atoms with E-state index < -0.39 is 10.8 Å². The van der Waals surface area contributed by atoms with Gasteiger partial charge >= 0.3 is 5.69 Å². The first-order valence-electron chi connectivity index (χ1n) is 7.86. The van der Waals surface area contributed by atoms with Gasteiger partial charge in [-0.05, 0) is 18.6 Å². The van der Waals surface area contributed by atoms with Gasteiger partial charge < -0.3 is 10.2 Å². The van der Waals surface area contributed by atoms with Crippen LogP contribution in [0.3, 0.4) is 0 Å². The van der Waals surface area contributed by atoms with Crippen LogP contribution in [0.25, 0.3) is 0 Å². The molecule has 1 aliphatic rings. The molecule has 3 rings (SSSR count). The Kier molecular flexibility index (Phi) is 6.22. The Balaban J connectivity index is 0.00000243. The van der Waals surface area contributed by atoms with Crippen molar-refractivity contribution in [3.05, 3.63) is 56.4 Å². The third-order valence-corrected chi connectivity index (χ3v) is 4.69. The highest BCUT2D eigenvalue weighted by molar-refractivity contribution is 6.31. The Bertz CT molecular complexity index is 839. The monoisotopic (exact) mass is 399 g/mol. The summed E-state index contributed by atoms with van der Waals surface area (Å²) in [7, 11) is 1.54. The largest absolute Gasteiger partial charge is 0.327 e. The number of benzene rings is 1. The number of nitrogens with one attached hydrogen (secondary N) is 1. The molecule has 140 valence electrons. The number of aromatic nitrogens is 2. The van der Waals surface area contributed by atoms with Crippen LogP contribution in [0.5, 0.6) is 0 Å². The average Bonchev–Trinajstić information content (AvgIpc) is 2.89. The number of nitrogens with zero attached hydrogens (tertiary/aromatic N) is 4. The van der Waals surface area contributed by atoms with E-state index in [1.807, 2.05) is 18.2 Å². The molecule has 1 fully saturated rings. The van der Waals surface area contributed by atoms with Crippen LogP contribution in [-0.4, -0.2) is 45.1 Å². The van der Waals surface area contributed by atoms with Gasteiger partial charge in [0.15, 0.2) is 0 Å². The normalized spacial score (nSPS) is 16.9. The van der Waals surface area contributed by atoms with Crippen molar-refractivity contribution >= 4 is 35.6 Å². The summed E-state index contributed by atoms with van der Waals surface area (Å²) in [6.45, 7) is 3.09. The third kappa shape index (κ3) is 3.53. The lowest BCUT2D eigenvalue weighted by molar-refractivity contribution is -0.385. The number of carbonyl (C=O) groups is 1. The molecule has 0 spiro atoms. The molecule has 1 aliphatic heterocycles. The number of halogens is 2. The number of piperazine rings is 1. The van der Waals surface area contributed by atoms with Crippen LogP contribution < -0.4 is 5.32 Å². The van der Waals surface area contributed by atoms with Gasteiger partial charge in [-0.3, -0.25) is 19.6 Å². The fraction of sp³-hybridized carbons (Fsp3) is 0.375. The summed E-state index contributed by atoms with van der Waals surface area (Å²) >= 11 is 6.30. The first kappa shape index (κ1) is 20.2. The summed E-state index contributed by atoms with van der Waals surface area (Å²) in [5.41, 5.74) is 0.775. The van der Waals surface area contributed by atoms with Gasteiger partial charge in [-0.15, -0.1) is 12.4 Å². The fourth-order valence-electron chi connectivity index (χ4n) is 3.21. The Hall–Kier alpha value is -2.16. The van der Waals surface area contributed by atoms with E-state index >= 15 is 0 Å². The molecule has 0 saturated carbocycles. The molecule has 1 amide bonds. The minimum absolute atomic E-state index is 0. The maximum absolute atomic E-state index is 13.1. The van der Waals surface area contributed by atoms with Crippen LogP contribution in [-0.2, 0) is 7.05 Å². The molecule has 0 radical (unpaired) electrons. The molecule has 10 heteroatoms. The zero-order valence-corrected chi connectivity index (χ0v) is 15.9. The van der Waals surface area contributed by atoms with Crippen molar-refractivity contribution in [2.75, 3.05) is 19.6 Å². The molecule has 0 aliphatic carbocycles. The van der Waals surface area contributed by atoms with Crippen LogP contribution in [0.2, 0.25) is 5.02 Å². The van der Waals surface area contributed by atoms with Gasteiger partial charge in [-0.25, -0.2) is 0 Å². The van der Waals surface area contributed by atoms with E-state index in [4.69, 9.17) is 11.6 Å². The minimum atomic E-state index is -0.553. The minimum Gasteiger partial charge on any atom is -0.327 e. The molecule has 26 heavy (non-hydrogen) atoms. The molecule has 1 saturated heterocycles. The number of rotatable bonds is 3. The van der Waals surface area contributed by atoms with Crippen molar-refractivity contribution in [2.24, 2.45) is 7.05 Å². The van der Waals surface area contributed by atoms with E-state index in [0.29, 0.717) is 24.7 Å². The highest BCUT2D eigenvalue weighted by Crippen LogP contribution is 2.31. The van der Waals surface area contributed by atoms with E-state index in [9.17, 15) is 14.9 Å². The number of amides is 1. The molecule has 2 aromatic rings. The van der Waals surface area contributed by atoms with Crippen molar-refractivity contribution in [3.63, 3.8) is 0 Å². The quantitative estimate of drug-likeness (QED) is 0.631. The zero-order chi connectivity index (χ0) is 18.1. The molecular formula is C16H19Cl2N5O3. The molecule has 1 unspecified atom stereocenters. The first-order chi connectivity index (χ1) is 11.9. The van der Waals surface area contributed by atoms with Crippen molar-refractivity contribution in [1.82, 2.24) is 20.0 Å². The lowest BCUT2D eigenvalue weighted by Gasteiger charge is -2.36. The van der Waals surface area contributed by atoms with Crippen LogP contribution in [0, 0.1) is 17.0 Å². The maximum atomic E-state index is 13.1. The van der Waals surface area contributed by atoms with Crippen molar-refractivity contribution in [2.45, 2.75) is 13.0 Å². The Morgan fingerprint density at radius 2 is 2.12 bits per heavy atom. The van der Waals surface area contributed by atoms with Gasteiger partial charge in [0.1, 0.15) is 5.69 Å². The SMILES string of the molecule is Cc1nn(C)c(C(=O)N2CCNCC2c2ccccc2Cl)c1[N+](=O)[O-].Cl. The molecule has 1 atom stereocenters. The molecule has 1 aromatic heterocycles. The third-order valence-electron chi connectivity index (χ3n) is 4.34. The lowest BCUT2D eigenvalue weighted by atomic mass is 10.0. The molecule has 1 N–H and O–H groups in total. The van der Waals surface area contributed by atoms with E-state index in [0.717, 1.165) is 5.56 Å². The van der Waals surface area contributed by atoms with Crippen LogP contribution in [0.4, 0.5) is 5.69 Å². The van der Waals surface area contributed by atoms with E-state index in [1.54, 1.807) is 18.0 Å². The number of hydrogen-bond donors (Lipinski definition) is 1.